The molecule has 0 saturated heterocycles. The molecule has 2 rings (SSSR count). The molecule has 1 nitrogen and oxygen atoms in total. The highest BCUT2D eigenvalue weighted by Crippen LogP contribution is 2.26. The molecule has 74 valence electrons. The summed E-state index contributed by atoms with van der Waals surface area (Å²) in [6.45, 7) is 2.13. The quantitative estimate of drug-likeness (QED) is 0.848. The molecule has 0 fully saturated rings. The summed E-state index contributed by atoms with van der Waals surface area (Å²) in [5.74, 6) is 0. The number of nitrogens with two attached hydrogens (primary N) is 1. The minimum atomic E-state index is 0.161. The Kier molecular flexibility index (Phi) is 3.01. The zero-order chi connectivity index (χ0) is 9.97. The highest BCUT2D eigenvalue weighted by molar-refractivity contribution is 7.10. The molecule has 3 heteroatoms. The second-order valence-electron chi connectivity index (χ2n) is 3.36. The van der Waals surface area contributed by atoms with Crippen LogP contribution in [0, 0.1) is 6.92 Å². The van der Waals surface area contributed by atoms with Gasteiger partial charge >= 0.3 is 0 Å². The average Bonchev–Trinajstić information content (AvgIpc) is 2.75. The summed E-state index contributed by atoms with van der Waals surface area (Å²) >= 11 is 3.54. The van der Waals surface area contributed by atoms with E-state index in [1.54, 1.807) is 22.7 Å². The Morgan fingerprint density at radius 2 is 2.14 bits per heavy atom. The van der Waals surface area contributed by atoms with Crippen LogP contribution in [0.4, 0.5) is 0 Å². The number of hydrogen-bond acceptors (Lipinski definition) is 3. The molecule has 0 aromatic carbocycles. The van der Waals surface area contributed by atoms with Crippen molar-refractivity contribution in [3.63, 3.8) is 0 Å². The molecule has 1 atom stereocenters. The maximum Gasteiger partial charge on any atom is 0.0441 e. The normalized spacial score (nSPS) is 13.0. The van der Waals surface area contributed by atoms with Gasteiger partial charge in [0.05, 0.1) is 0 Å². The van der Waals surface area contributed by atoms with E-state index in [0.717, 1.165) is 6.42 Å². The lowest BCUT2D eigenvalue weighted by Gasteiger charge is -2.09. The van der Waals surface area contributed by atoms with E-state index in [1.165, 1.54) is 15.3 Å². The van der Waals surface area contributed by atoms with Crippen molar-refractivity contribution in [3.05, 3.63) is 44.3 Å². The van der Waals surface area contributed by atoms with E-state index in [9.17, 15) is 0 Å². The molecule has 0 bridgehead atoms. The first-order chi connectivity index (χ1) is 6.77. The van der Waals surface area contributed by atoms with Gasteiger partial charge in [-0.15, -0.1) is 22.7 Å². The molecule has 2 aromatic heterocycles. The Morgan fingerprint density at radius 1 is 1.29 bits per heavy atom. The molecular formula is C11H13NS2. The summed E-state index contributed by atoms with van der Waals surface area (Å²) < 4.78 is 0. The van der Waals surface area contributed by atoms with Crippen LogP contribution in [0.3, 0.4) is 0 Å². The van der Waals surface area contributed by atoms with E-state index in [0.29, 0.717) is 0 Å². The van der Waals surface area contributed by atoms with Crippen LogP contribution >= 0.6 is 22.7 Å². The first kappa shape index (κ1) is 9.90. The summed E-state index contributed by atoms with van der Waals surface area (Å²) in [5, 5.41) is 4.21. The van der Waals surface area contributed by atoms with Crippen LogP contribution in [0.2, 0.25) is 0 Å². The number of rotatable bonds is 3. The summed E-state index contributed by atoms with van der Waals surface area (Å²) in [6, 6.07) is 6.52. The third-order valence-electron chi connectivity index (χ3n) is 2.24. The summed E-state index contributed by atoms with van der Waals surface area (Å²) in [7, 11) is 0. The first-order valence-electron chi connectivity index (χ1n) is 4.59. The van der Waals surface area contributed by atoms with Gasteiger partial charge in [0.15, 0.2) is 0 Å². The molecule has 0 radical (unpaired) electrons. The minimum absolute atomic E-state index is 0.161. The highest BCUT2D eigenvalue weighted by atomic mass is 32.1. The van der Waals surface area contributed by atoms with E-state index < -0.39 is 0 Å². The van der Waals surface area contributed by atoms with E-state index in [4.69, 9.17) is 5.73 Å². The molecule has 0 aliphatic rings. The Labute approximate surface area is 92.2 Å². The van der Waals surface area contributed by atoms with E-state index in [2.05, 4.69) is 35.9 Å². The van der Waals surface area contributed by atoms with Crippen molar-refractivity contribution in [2.75, 3.05) is 0 Å². The Hall–Kier alpha value is -0.640. The fourth-order valence-corrected chi connectivity index (χ4v) is 3.20. The molecule has 0 aliphatic carbocycles. The van der Waals surface area contributed by atoms with Crippen LogP contribution in [-0.2, 0) is 6.42 Å². The van der Waals surface area contributed by atoms with Gasteiger partial charge in [-0.2, -0.15) is 0 Å². The second kappa shape index (κ2) is 4.26. The average molecular weight is 223 g/mol. The number of aryl methyl sites for hydroxylation is 1. The predicted molar refractivity (Wildman–Crippen MR) is 64.0 cm³/mol. The number of hydrogen-bond donors (Lipinski definition) is 1. The topological polar surface area (TPSA) is 26.0 Å². The zero-order valence-electron chi connectivity index (χ0n) is 8.07. The maximum absolute atomic E-state index is 6.15. The Morgan fingerprint density at radius 3 is 2.71 bits per heavy atom. The van der Waals surface area contributed by atoms with Gasteiger partial charge in [0.2, 0.25) is 0 Å². The lowest BCUT2D eigenvalue weighted by molar-refractivity contribution is 0.741. The lowest BCUT2D eigenvalue weighted by atomic mass is 10.1. The van der Waals surface area contributed by atoms with Crippen molar-refractivity contribution in [1.29, 1.82) is 0 Å². The van der Waals surface area contributed by atoms with Crippen molar-refractivity contribution >= 4 is 22.7 Å². The van der Waals surface area contributed by atoms with Crippen LogP contribution < -0.4 is 5.73 Å². The lowest BCUT2D eigenvalue weighted by Crippen LogP contribution is -2.11. The second-order valence-corrected chi connectivity index (χ2v) is 5.34. The molecule has 14 heavy (non-hydrogen) atoms. The molecule has 0 saturated carbocycles. The largest absolute Gasteiger partial charge is 0.323 e. The van der Waals surface area contributed by atoms with Crippen LogP contribution in [-0.4, -0.2) is 0 Å². The maximum atomic E-state index is 6.15. The Bertz CT molecular complexity index is 389. The molecule has 0 aliphatic heterocycles. The molecule has 0 spiro atoms. The van der Waals surface area contributed by atoms with Crippen LogP contribution in [0.5, 0.6) is 0 Å². The summed E-state index contributed by atoms with van der Waals surface area (Å²) in [4.78, 5) is 2.68. The SMILES string of the molecule is Cc1ccsc1C(N)Cc1cccs1. The van der Waals surface area contributed by atoms with Crippen LogP contribution in [0.25, 0.3) is 0 Å². The van der Waals surface area contributed by atoms with Gasteiger partial charge in [0, 0.05) is 22.2 Å². The van der Waals surface area contributed by atoms with Gasteiger partial charge < -0.3 is 5.73 Å². The first-order valence-corrected chi connectivity index (χ1v) is 6.35. The third kappa shape index (κ3) is 2.05. The van der Waals surface area contributed by atoms with Crippen molar-refractivity contribution in [1.82, 2.24) is 0 Å². The standard InChI is InChI=1S/C11H13NS2/c1-8-4-6-14-11(8)10(12)7-9-3-2-5-13-9/h2-6,10H,7,12H2,1H3. The van der Waals surface area contributed by atoms with Gasteiger partial charge in [-0.3, -0.25) is 0 Å². The van der Waals surface area contributed by atoms with Gasteiger partial charge in [0.1, 0.15) is 0 Å². The van der Waals surface area contributed by atoms with E-state index in [-0.39, 0.29) is 6.04 Å². The molecule has 2 heterocycles. The van der Waals surface area contributed by atoms with Gasteiger partial charge in [-0.1, -0.05) is 6.07 Å². The molecule has 1 unspecified atom stereocenters. The zero-order valence-corrected chi connectivity index (χ0v) is 9.70. The van der Waals surface area contributed by atoms with Gasteiger partial charge in [0.25, 0.3) is 0 Å². The van der Waals surface area contributed by atoms with Crippen molar-refractivity contribution in [2.45, 2.75) is 19.4 Å². The number of thiophene rings is 2. The molecule has 0 amide bonds. The smallest absolute Gasteiger partial charge is 0.0441 e. The molecule has 2 aromatic rings. The summed E-state index contributed by atoms with van der Waals surface area (Å²) in [5.41, 5.74) is 7.47. The highest BCUT2D eigenvalue weighted by Gasteiger charge is 2.11. The molecular weight excluding hydrogens is 210 g/mol. The van der Waals surface area contributed by atoms with Crippen molar-refractivity contribution in [2.24, 2.45) is 5.73 Å². The van der Waals surface area contributed by atoms with Crippen LogP contribution in [0.15, 0.2) is 29.0 Å². The summed E-state index contributed by atoms with van der Waals surface area (Å²) in [6.07, 6.45) is 0.957. The van der Waals surface area contributed by atoms with E-state index >= 15 is 0 Å². The minimum Gasteiger partial charge on any atom is -0.323 e. The van der Waals surface area contributed by atoms with Crippen LogP contribution in [0.1, 0.15) is 21.4 Å². The van der Waals surface area contributed by atoms with Crippen molar-refractivity contribution in [3.8, 4) is 0 Å². The van der Waals surface area contributed by atoms with E-state index in [1.807, 2.05) is 0 Å². The van der Waals surface area contributed by atoms with Gasteiger partial charge in [-0.05, 0) is 35.4 Å². The molecule has 2 N–H and O–H groups in total. The fourth-order valence-electron chi connectivity index (χ4n) is 1.50. The monoisotopic (exact) mass is 223 g/mol. The van der Waals surface area contributed by atoms with Crippen molar-refractivity contribution < 1.29 is 0 Å². The van der Waals surface area contributed by atoms with Gasteiger partial charge in [-0.25, -0.2) is 0 Å². The predicted octanol–water partition coefficient (Wildman–Crippen LogP) is 3.36. The Balaban J connectivity index is 2.10. The fraction of sp³-hybridized carbons (Fsp3) is 0.273. The third-order valence-corrected chi connectivity index (χ3v) is 4.29.